The molecule has 0 saturated carbocycles. The normalized spacial score (nSPS) is 10.9. The highest BCUT2D eigenvalue weighted by Crippen LogP contribution is 2.38. The third kappa shape index (κ3) is 6.45. The molecule has 0 fully saturated rings. The zero-order chi connectivity index (χ0) is 27.8. The van der Waals surface area contributed by atoms with E-state index in [1.807, 2.05) is 18.2 Å². The van der Waals surface area contributed by atoms with Gasteiger partial charge in [0.1, 0.15) is 11.6 Å². The predicted octanol–water partition coefficient (Wildman–Crippen LogP) is 5.51. The lowest BCUT2D eigenvalue weighted by atomic mass is 10.1. The van der Waals surface area contributed by atoms with E-state index in [2.05, 4.69) is 48.0 Å². The number of benzene rings is 3. The second-order valence-corrected chi connectivity index (χ2v) is 9.36. The van der Waals surface area contributed by atoms with E-state index >= 15 is 0 Å². The number of ether oxygens (including phenoxy) is 4. The average Bonchev–Trinajstić information content (AvgIpc) is 3.30. The number of fused-ring (bicyclic) bond motifs is 1. The SMILES string of the molecule is COc1cc(C(=O)NCCCc2nc3ccccc3n2CCCOc2c(C)cccc2C)cc(OC)c1OC. The lowest BCUT2D eigenvalue weighted by molar-refractivity contribution is 0.0952. The van der Waals surface area contributed by atoms with Gasteiger partial charge in [-0.2, -0.15) is 0 Å². The Bertz CT molecular complexity index is 1380. The number of aromatic nitrogens is 2. The summed E-state index contributed by atoms with van der Waals surface area (Å²) >= 11 is 0. The Morgan fingerprint density at radius 2 is 1.56 bits per heavy atom. The first kappa shape index (κ1) is 27.8. The number of carbonyl (C=O) groups excluding carboxylic acids is 1. The molecule has 1 amide bonds. The first-order valence-corrected chi connectivity index (χ1v) is 13.2. The fourth-order valence-corrected chi connectivity index (χ4v) is 4.75. The van der Waals surface area contributed by atoms with Crippen molar-refractivity contribution in [3.05, 3.63) is 77.1 Å². The van der Waals surface area contributed by atoms with E-state index in [4.69, 9.17) is 23.9 Å². The smallest absolute Gasteiger partial charge is 0.251 e. The van der Waals surface area contributed by atoms with Gasteiger partial charge in [0, 0.05) is 25.1 Å². The monoisotopic (exact) mass is 531 g/mol. The van der Waals surface area contributed by atoms with Crippen molar-refractivity contribution in [2.24, 2.45) is 0 Å². The molecule has 0 atom stereocenters. The van der Waals surface area contributed by atoms with Crippen molar-refractivity contribution < 1.29 is 23.7 Å². The van der Waals surface area contributed by atoms with E-state index in [9.17, 15) is 4.79 Å². The van der Waals surface area contributed by atoms with Gasteiger partial charge in [0.2, 0.25) is 5.75 Å². The number of para-hydroxylation sites is 3. The number of hydrogen-bond donors (Lipinski definition) is 1. The van der Waals surface area contributed by atoms with Gasteiger partial charge in [0.15, 0.2) is 11.5 Å². The van der Waals surface area contributed by atoms with Crippen molar-refractivity contribution in [2.75, 3.05) is 34.5 Å². The number of amides is 1. The van der Waals surface area contributed by atoms with Crippen LogP contribution in [0.2, 0.25) is 0 Å². The maximum Gasteiger partial charge on any atom is 0.251 e. The van der Waals surface area contributed by atoms with Crippen LogP contribution in [-0.2, 0) is 13.0 Å². The molecule has 3 aromatic carbocycles. The average molecular weight is 532 g/mol. The van der Waals surface area contributed by atoms with Gasteiger partial charge in [-0.1, -0.05) is 30.3 Å². The van der Waals surface area contributed by atoms with Crippen molar-refractivity contribution in [1.29, 1.82) is 0 Å². The molecule has 4 rings (SSSR count). The summed E-state index contributed by atoms with van der Waals surface area (Å²) in [5.41, 5.74) is 4.83. The first-order chi connectivity index (χ1) is 19.0. The Hall–Kier alpha value is -4.20. The topological polar surface area (TPSA) is 83.8 Å². The number of imidazole rings is 1. The third-order valence-electron chi connectivity index (χ3n) is 6.70. The van der Waals surface area contributed by atoms with Crippen molar-refractivity contribution in [3.8, 4) is 23.0 Å². The molecule has 0 aliphatic heterocycles. The minimum atomic E-state index is -0.202. The molecule has 206 valence electrons. The highest BCUT2D eigenvalue weighted by atomic mass is 16.5. The van der Waals surface area contributed by atoms with Crippen molar-refractivity contribution in [2.45, 2.75) is 39.7 Å². The van der Waals surface area contributed by atoms with Crippen LogP contribution >= 0.6 is 0 Å². The summed E-state index contributed by atoms with van der Waals surface area (Å²) in [5.74, 6) is 3.11. The molecule has 8 heteroatoms. The second-order valence-electron chi connectivity index (χ2n) is 9.36. The van der Waals surface area contributed by atoms with Crippen LogP contribution in [0, 0.1) is 13.8 Å². The molecule has 0 aliphatic rings. The minimum absolute atomic E-state index is 0.202. The zero-order valence-corrected chi connectivity index (χ0v) is 23.4. The number of carbonyl (C=O) groups is 1. The highest BCUT2D eigenvalue weighted by molar-refractivity contribution is 5.95. The number of methoxy groups -OCH3 is 3. The number of aryl methyl sites for hydroxylation is 4. The van der Waals surface area contributed by atoms with Gasteiger partial charge in [-0.05, 0) is 62.1 Å². The molecule has 0 saturated heterocycles. The van der Waals surface area contributed by atoms with Crippen LogP contribution < -0.4 is 24.3 Å². The van der Waals surface area contributed by atoms with E-state index in [1.54, 1.807) is 12.1 Å². The summed E-state index contributed by atoms with van der Waals surface area (Å²) < 4.78 is 24.5. The van der Waals surface area contributed by atoms with Gasteiger partial charge in [-0.15, -0.1) is 0 Å². The van der Waals surface area contributed by atoms with Gasteiger partial charge in [0.05, 0.1) is 39.0 Å². The molecule has 1 heterocycles. The van der Waals surface area contributed by atoms with Crippen LogP contribution in [-0.4, -0.2) is 49.9 Å². The third-order valence-corrected chi connectivity index (χ3v) is 6.70. The molecular formula is C31H37N3O5. The zero-order valence-electron chi connectivity index (χ0n) is 23.4. The lowest BCUT2D eigenvalue weighted by Gasteiger charge is -2.14. The molecule has 39 heavy (non-hydrogen) atoms. The van der Waals surface area contributed by atoms with E-state index < -0.39 is 0 Å². The Morgan fingerprint density at radius 1 is 0.872 bits per heavy atom. The number of nitrogens with zero attached hydrogens (tertiary/aromatic N) is 2. The Kier molecular flexibility index (Phi) is 9.31. The summed E-state index contributed by atoms with van der Waals surface area (Å²) in [6, 6.07) is 17.7. The maximum atomic E-state index is 12.8. The van der Waals surface area contributed by atoms with Gasteiger partial charge in [-0.3, -0.25) is 4.79 Å². The van der Waals surface area contributed by atoms with Crippen LogP contribution in [0.1, 0.15) is 40.2 Å². The summed E-state index contributed by atoms with van der Waals surface area (Å²) in [4.78, 5) is 17.7. The molecule has 8 nitrogen and oxygen atoms in total. The van der Waals surface area contributed by atoms with Crippen LogP contribution in [0.15, 0.2) is 54.6 Å². The van der Waals surface area contributed by atoms with E-state index in [0.29, 0.717) is 36.0 Å². The van der Waals surface area contributed by atoms with E-state index in [1.165, 1.54) is 21.3 Å². The summed E-state index contributed by atoms with van der Waals surface area (Å²) in [6.07, 6.45) is 2.35. The molecule has 4 aromatic rings. The standard InChI is InChI=1S/C31H37N3O5/c1-21-11-8-12-22(2)29(21)39-18-10-17-34-25-14-7-6-13-24(25)33-28(34)15-9-16-32-31(35)23-19-26(36-3)30(38-5)27(20-23)37-4/h6-8,11-14,19-20H,9-10,15-18H2,1-5H3,(H,32,35). The Labute approximate surface area is 229 Å². The molecule has 0 bridgehead atoms. The predicted molar refractivity (Wildman–Crippen MR) is 153 cm³/mol. The van der Waals surface area contributed by atoms with Gasteiger partial charge in [0.25, 0.3) is 5.91 Å². The van der Waals surface area contributed by atoms with Crippen molar-refractivity contribution >= 4 is 16.9 Å². The summed E-state index contributed by atoms with van der Waals surface area (Å²) in [5, 5.41) is 3.00. The fourth-order valence-electron chi connectivity index (χ4n) is 4.75. The highest BCUT2D eigenvalue weighted by Gasteiger charge is 2.17. The molecular weight excluding hydrogens is 494 g/mol. The van der Waals surface area contributed by atoms with Crippen molar-refractivity contribution in [1.82, 2.24) is 14.9 Å². The van der Waals surface area contributed by atoms with Crippen LogP contribution in [0.25, 0.3) is 11.0 Å². The Balaban J connectivity index is 1.36. The van der Waals surface area contributed by atoms with Crippen molar-refractivity contribution in [3.63, 3.8) is 0 Å². The number of nitrogens with one attached hydrogen (secondary N) is 1. The van der Waals surface area contributed by atoms with Crippen LogP contribution in [0.4, 0.5) is 0 Å². The second kappa shape index (κ2) is 13.0. The number of hydrogen-bond acceptors (Lipinski definition) is 6. The van der Waals surface area contributed by atoms with E-state index in [0.717, 1.165) is 59.5 Å². The first-order valence-electron chi connectivity index (χ1n) is 13.2. The molecule has 1 N–H and O–H groups in total. The Morgan fingerprint density at radius 3 is 2.23 bits per heavy atom. The number of rotatable bonds is 13. The largest absolute Gasteiger partial charge is 0.493 e. The maximum absolute atomic E-state index is 12.8. The van der Waals surface area contributed by atoms with Gasteiger partial charge >= 0.3 is 0 Å². The fraction of sp³-hybridized carbons (Fsp3) is 0.355. The van der Waals surface area contributed by atoms with Crippen LogP contribution in [0.3, 0.4) is 0 Å². The van der Waals surface area contributed by atoms with Gasteiger partial charge in [-0.25, -0.2) is 4.98 Å². The molecule has 0 radical (unpaired) electrons. The minimum Gasteiger partial charge on any atom is -0.493 e. The lowest BCUT2D eigenvalue weighted by Crippen LogP contribution is -2.25. The summed E-state index contributed by atoms with van der Waals surface area (Å²) in [6.45, 7) is 6.09. The molecule has 0 spiro atoms. The molecule has 1 aromatic heterocycles. The van der Waals surface area contributed by atoms with E-state index in [-0.39, 0.29) is 5.91 Å². The van der Waals surface area contributed by atoms with Gasteiger partial charge < -0.3 is 28.8 Å². The van der Waals surface area contributed by atoms with Crippen LogP contribution in [0.5, 0.6) is 23.0 Å². The molecule has 0 unspecified atom stereocenters. The quantitative estimate of drug-likeness (QED) is 0.229. The molecule has 0 aliphatic carbocycles. The summed E-state index contributed by atoms with van der Waals surface area (Å²) in [7, 11) is 4.59.